The van der Waals surface area contributed by atoms with E-state index in [4.69, 9.17) is 33.7 Å². The highest BCUT2D eigenvalue weighted by molar-refractivity contribution is 6.42. The molecule has 1 saturated carbocycles. The van der Waals surface area contributed by atoms with Crippen LogP contribution in [0.25, 0.3) is 0 Å². The first kappa shape index (κ1) is 12.0. The summed E-state index contributed by atoms with van der Waals surface area (Å²) in [5.41, 5.74) is 5.97. The number of rotatable bonds is 3. The molecule has 2 nitrogen and oxygen atoms in total. The third-order valence-corrected chi connectivity index (χ3v) is 3.81. The molecule has 1 aromatic rings. The first-order valence-electron chi connectivity index (χ1n) is 5.50. The monoisotopic (exact) mass is 259 g/mol. The highest BCUT2D eigenvalue weighted by Gasteiger charge is 2.24. The standard InChI is InChI=1S/C12H15Cl2NO/c13-10-5-4-9(6-11(10)14)16-7-8-2-1-3-12(8)15/h4-6,8,12H,1-3,7,15H2/t8-,12-/m0/s1. The summed E-state index contributed by atoms with van der Waals surface area (Å²) in [5, 5.41) is 1.07. The molecule has 0 bridgehead atoms. The summed E-state index contributed by atoms with van der Waals surface area (Å²) in [6.45, 7) is 0.666. The number of ether oxygens (including phenoxy) is 1. The summed E-state index contributed by atoms with van der Waals surface area (Å²) in [7, 11) is 0. The molecule has 2 N–H and O–H groups in total. The van der Waals surface area contributed by atoms with Gasteiger partial charge >= 0.3 is 0 Å². The SMILES string of the molecule is N[C@H]1CCC[C@H]1COc1ccc(Cl)c(Cl)c1. The quantitative estimate of drug-likeness (QED) is 0.902. The maximum Gasteiger partial charge on any atom is 0.120 e. The molecule has 0 aliphatic heterocycles. The molecule has 16 heavy (non-hydrogen) atoms. The van der Waals surface area contributed by atoms with Crippen molar-refractivity contribution in [3.8, 4) is 5.75 Å². The Hall–Kier alpha value is -0.440. The van der Waals surface area contributed by atoms with Crippen molar-refractivity contribution in [2.24, 2.45) is 11.7 Å². The van der Waals surface area contributed by atoms with Crippen molar-refractivity contribution in [3.63, 3.8) is 0 Å². The second kappa shape index (κ2) is 5.26. The van der Waals surface area contributed by atoms with Crippen LogP contribution in [0.5, 0.6) is 5.75 Å². The lowest BCUT2D eigenvalue weighted by atomic mass is 10.1. The number of hydrogen-bond donors (Lipinski definition) is 1. The van der Waals surface area contributed by atoms with Crippen LogP contribution in [-0.4, -0.2) is 12.6 Å². The zero-order chi connectivity index (χ0) is 11.5. The van der Waals surface area contributed by atoms with Gasteiger partial charge in [0.1, 0.15) is 5.75 Å². The summed E-state index contributed by atoms with van der Waals surface area (Å²) in [6.07, 6.45) is 3.47. The molecule has 2 rings (SSSR count). The fourth-order valence-electron chi connectivity index (χ4n) is 2.04. The molecule has 1 fully saturated rings. The van der Waals surface area contributed by atoms with Gasteiger partial charge < -0.3 is 10.5 Å². The highest BCUT2D eigenvalue weighted by atomic mass is 35.5. The van der Waals surface area contributed by atoms with Crippen molar-refractivity contribution in [1.82, 2.24) is 0 Å². The van der Waals surface area contributed by atoms with Gasteiger partial charge in [0, 0.05) is 18.0 Å². The molecular formula is C12H15Cl2NO. The van der Waals surface area contributed by atoms with Crippen LogP contribution in [0, 0.1) is 5.92 Å². The minimum Gasteiger partial charge on any atom is -0.493 e. The van der Waals surface area contributed by atoms with Crippen molar-refractivity contribution in [1.29, 1.82) is 0 Å². The van der Waals surface area contributed by atoms with Crippen LogP contribution >= 0.6 is 23.2 Å². The molecule has 4 heteroatoms. The number of nitrogens with two attached hydrogens (primary N) is 1. The Kier molecular flexibility index (Phi) is 3.95. The Balaban J connectivity index is 1.91. The molecule has 0 spiro atoms. The number of halogens is 2. The van der Waals surface area contributed by atoms with Gasteiger partial charge in [0.15, 0.2) is 0 Å². The number of benzene rings is 1. The molecular weight excluding hydrogens is 245 g/mol. The summed E-state index contributed by atoms with van der Waals surface area (Å²) in [5.74, 6) is 1.22. The molecule has 0 radical (unpaired) electrons. The Bertz CT molecular complexity index is 370. The van der Waals surface area contributed by atoms with E-state index in [9.17, 15) is 0 Å². The maximum absolute atomic E-state index is 5.97. The smallest absolute Gasteiger partial charge is 0.120 e. The van der Waals surface area contributed by atoms with Crippen molar-refractivity contribution >= 4 is 23.2 Å². The first-order valence-corrected chi connectivity index (χ1v) is 6.26. The van der Waals surface area contributed by atoms with Crippen LogP contribution in [0.2, 0.25) is 10.0 Å². The van der Waals surface area contributed by atoms with E-state index in [2.05, 4.69) is 0 Å². The molecule has 0 saturated heterocycles. The van der Waals surface area contributed by atoms with Gasteiger partial charge in [0.25, 0.3) is 0 Å². The Morgan fingerprint density at radius 1 is 1.25 bits per heavy atom. The van der Waals surface area contributed by atoms with Crippen molar-refractivity contribution in [3.05, 3.63) is 28.2 Å². The Morgan fingerprint density at radius 3 is 2.69 bits per heavy atom. The van der Waals surface area contributed by atoms with Gasteiger partial charge in [-0.3, -0.25) is 0 Å². The number of hydrogen-bond acceptors (Lipinski definition) is 2. The van der Waals surface area contributed by atoms with Gasteiger partial charge in [0.2, 0.25) is 0 Å². The van der Waals surface area contributed by atoms with Gasteiger partial charge in [-0.25, -0.2) is 0 Å². The second-order valence-corrected chi connectivity index (χ2v) is 5.06. The van der Waals surface area contributed by atoms with Crippen LogP contribution in [0.1, 0.15) is 19.3 Å². The van der Waals surface area contributed by atoms with Crippen LogP contribution in [0.15, 0.2) is 18.2 Å². The van der Waals surface area contributed by atoms with E-state index in [1.54, 1.807) is 12.1 Å². The van der Waals surface area contributed by atoms with Crippen LogP contribution in [0.3, 0.4) is 0 Å². The topological polar surface area (TPSA) is 35.2 Å². The minimum atomic E-state index is 0.280. The zero-order valence-electron chi connectivity index (χ0n) is 8.96. The Labute approximate surface area is 106 Å². The van der Waals surface area contributed by atoms with E-state index in [0.29, 0.717) is 22.6 Å². The predicted octanol–water partition coefficient (Wildman–Crippen LogP) is 3.50. The van der Waals surface area contributed by atoms with E-state index in [1.807, 2.05) is 6.07 Å². The first-order chi connectivity index (χ1) is 7.66. The van der Waals surface area contributed by atoms with E-state index in [0.717, 1.165) is 18.6 Å². The Morgan fingerprint density at radius 2 is 2.06 bits per heavy atom. The molecule has 88 valence electrons. The summed E-state index contributed by atoms with van der Waals surface area (Å²) in [4.78, 5) is 0. The largest absolute Gasteiger partial charge is 0.493 e. The molecule has 2 atom stereocenters. The third kappa shape index (κ3) is 2.82. The van der Waals surface area contributed by atoms with E-state index >= 15 is 0 Å². The lowest BCUT2D eigenvalue weighted by Crippen LogP contribution is -2.28. The van der Waals surface area contributed by atoms with Crippen molar-refractivity contribution in [2.45, 2.75) is 25.3 Å². The lowest BCUT2D eigenvalue weighted by Gasteiger charge is -2.16. The van der Waals surface area contributed by atoms with Gasteiger partial charge in [0.05, 0.1) is 16.7 Å². The van der Waals surface area contributed by atoms with Crippen LogP contribution < -0.4 is 10.5 Å². The highest BCUT2D eigenvalue weighted by Crippen LogP contribution is 2.28. The van der Waals surface area contributed by atoms with E-state index in [1.165, 1.54) is 6.42 Å². The molecule has 1 aromatic carbocycles. The van der Waals surface area contributed by atoms with E-state index < -0.39 is 0 Å². The molecule has 0 amide bonds. The van der Waals surface area contributed by atoms with Gasteiger partial charge in [-0.15, -0.1) is 0 Å². The van der Waals surface area contributed by atoms with Crippen LogP contribution in [0.4, 0.5) is 0 Å². The van der Waals surface area contributed by atoms with Gasteiger partial charge in [-0.2, -0.15) is 0 Å². The fourth-order valence-corrected chi connectivity index (χ4v) is 2.33. The molecule has 0 aromatic heterocycles. The van der Waals surface area contributed by atoms with Gasteiger partial charge in [-0.05, 0) is 25.0 Å². The van der Waals surface area contributed by atoms with Gasteiger partial charge in [-0.1, -0.05) is 29.6 Å². The van der Waals surface area contributed by atoms with Crippen LogP contribution in [-0.2, 0) is 0 Å². The third-order valence-electron chi connectivity index (χ3n) is 3.07. The second-order valence-electron chi connectivity index (χ2n) is 4.24. The summed E-state index contributed by atoms with van der Waals surface area (Å²) in [6, 6.07) is 5.59. The maximum atomic E-state index is 5.97. The summed E-state index contributed by atoms with van der Waals surface area (Å²) < 4.78 is 5.67. The molecule has 0 unspecified atom stereocenters. The normalized spacial score (nSPS) is 24.7. The minimum absolute atomic E-state index is 0.280. The molecule has 1 aliphatic rings. The zero-order valence-corrected chi connectivity index (χ0v) is 10.5. The fraction of sp³-hybridized carbons (Fsp3) is 0.500. The molecule has 0 heterocycles. The predicted molar refractivity (Wildman–Crippen MR) is 67.3 cm³/mol. The lowest BCUT2D eigenvalue weighted by molar-refractivity contribution is 0.239. The van der Waals surface area contributed by atoms with E-state index in [-0.39, 0.29) is 6.04 Å². The van der Waals surface area contributed by atoms with Crippen molar-refractivity contribution < 1.29 is 4.74 Å². The van der Waals surface area contributed by atoms with Crippen molar-refractivity contribution in [2.75, 3.05) is 6.61 Å². The summed E-state index contributed by atoms with van der Waals surface area (Å²) >= 11 is 11.7. The average molecular weight is 260 g/mol. The molecule has 1 aliphatic carbocycles. The average Bonchev–Trinajstić information content (AvgIpc) is 2.66.